The van der Waals surface area contributed by atoms with Gasteiger partial charge in [-0.3, -0.25) is 0 Å². The molecule has 0 aliphatic carbocycles. The van der Waals surface area contributed by atoms with Gasteiger partial charge in [0.1, 0.15) is 11.5 Å². The van der Waals surface area contributed by atoms with Crippen molar-refractivity contribution < 1.29 is 10.2 Å². The Bertz CT molecular complexity index is 1090. The number of fused-ring (bicyclic) bond motifs is 2. The maximum atomic E-state index is 10.3. The Morgan fingerprint density at radius 2 is 1.73 bits per heavy atom. The van der Waals surface area contributed by atoms with Gasteiger partial charge in [-0.2, -0.15) is 10.2 Å². The van der Waals surface area contributed by atoms with Crippen molar-refractivity contribution in [2.45, 2.75) is 39.0 Å². The van der Waals surface area contributed by atoms with Gasteiger partial charge in [0.2, 0.25) is 0 Å². The highest BCUT2D eigenvalue weighted by molar-refractivity contribution is 5.55. The summed E-state index contributed by atoms with van der Waals surface area (Å²) in [5.74, 6) is 0.854. The molecule has 0 aromatic carbocycles. The molecule has 0 aliphatic heterocycles. The second-order valence-corrected chi connectivity index (χ2v) is 7.19. The molecule has 4 aromatic heterocycles. The van der Waals surface area contributed by atoms with Crippen LogP contribution in [-0.4, -0.2) is 29.4 Å². The zero-order valence-electron chi connectivity index (χ0n) is 15.1. The molecule has 4 aromatic rings. The first-order valence-electron chi connectivity index (χ1n) is 8.80. The van der Waals surface area contributed by atoms with Crippen LogP contribution in [0.5, 0.6) is 11.5 Å². The van der Waals surface area contributed by atoms with Crippen molar-refractivity contribution in [2.75, 3.05) is 0 Å². The Kier molecular flexibility index (Phi) is 3.83. The number of aromatic nitrogens is 4. The van der Waals surface area contributed by atoms with Gasteiger partial charge in [0.05, 0.1) is 22.9 Å². The fraction of sp³-hybridized carbons (Fsp3) is 0.300. The smallest absolute Gasteiger partial charge is 0.137 e. The maximum absolute atomic E-state index is 10.3. The van der Waals surface area contributed by atoms with Crippen LogP contribution in [0.4, 0.5) is 0 Å². The van der Waals surface area contributed by atoms with Crippen LogP contribution in [0.15, 0.2) is 42.9 Å². The Morgan fingerprint density at radius 1 is 0.923 bits per heavy atom. The fourth-order valence-corrected chi connectivity index (χ4v) is 3.43. The molecule has 4 heterocycles. The molecule has 0 fully saturated rings. The summed E-state index contributed by atoms with van der Waals surface area (Å²) in [6, 6.07) is 7.60. The monoisotopic (exact) mass is 350 g/mol. The Balaban J connectivity index is 1.66. The van der Waals surface area contributed by atoms with Gasteiger partial charge in [-0.05, 0) is 36.5 Å². The summed E-state index contributed by atoms with van der Waals surface area (Å²) in [6.07, 6.45) is 5.92. The number of rotatable bonds is 4. The fourth-order valence-electron chi connectivity index (χ4n) is 3.43. The maximum Gasteiger partial charge on any atom is 0.137 e. The summed E-state index contributed by atoms with van der Waals surface area (Å²) in [6.45, 7) is 6.17. The van der Waals surface area contributed by atoms with Crippen LogP contribution >= 0.6 is 0 Å². The highest BCUT2D eigenvalue weighted by Gasteiger charge is 2.16. The second-order valence-electron chi connectivity index (χ2n) is 7.19. The van der Waals surface area contributed by atoms with E-state index in [9.17, 15) is 10.2 Å². The number of nitrogens with zero attached hydrogens (tertiary/aromatic N) is 4. The summed E-state index contributed by atoms with van der Waals surface area (Å²) in [7, 11) is 0. The SMILES string of the molecule is CC(C)c1cc2cc(CC(C)c3cn4nccc4cc3O)nn2cc1O. The van der Waals surface area contributed by atoms with Crippen molar-refractivity contribution in [3.63, 3.8) is 0 Å². The highest BCUT2D eigenvalue weighted by Crippen LogP contribution is 2.31. The van der Waals surface area contributed by atoms with Crippen LogP contribution in [0.25, 0.3) is 11.0 Å². The van der Waals surface area contributed by atoms with Crippen molar-refractivity contribution in [3.05, 3.63) is 59.7 Å². The average molecular weight is 350 g/mol. The minimum absolute atomic E-state index is 0.0756. The number of hydrogen-bond acceptors (Lipinski definition) is 4. The van der Waals surface area contributed by atoms with E-state index in [1.165, 1.54) is 0 Å². The molecule has 0 saturated carbocycles. The summed E-state index contributed by atoms with van der Waals surface area (Å²) in [5.41, 5.74) is 4.49. The van der Waals surface area contributed by atoms with Crippen LogP contribution in [0, 0.1) is 0 Å². The molecule has 0 bridgehead atoms. The summed E-state index contributed by atoms with van der Waals surface area (Å²) < 4.78 is 3.47. The van der Waals surface area contributed by atoms with Gasteiger partial charge in [0.15, 0.2) is 0 Å². The topological polar surface area (TPSA) is 75.1 Å². The molecular weight excluding hydrogens is 328 g/mol. The first-order chi connectivity index (χ1) is 12.4. The molecule has 0 amide bonds. The van der Waals surface area contributed by atoms with Gasteiger partial charge in [0.25, 0.3) is 0 Å². The molecule has 0 saturated heterocycles. The number of hydrogen-bond donors (Lipinski definition) is 2. The van der Waals surface area contributed by atoms with Crippen molar-refractivity contribution >= 4 is 11.0 Å². The van der Waals surface area contributed by atoms with Crippen molar-refractivity contribution in [1.29, 1.82) is 0 Å². The van der Waals surface area contributed by atoms with E-state index in [1.54, 1.807) is 27.5 Å². The van der Waals surface area contributed by atoms with E-state index in [4.69, 9.17) is 0 Å². The van der Waals surface area contributed by atoms with Crippen molar-refractivity contribution in [2.24, 2.45) is 0 Å². The van der Waals surface area contributed by atoms with E-state index in [1.807, 2.05) is 24.4 Å². The van der Waals surface area contributed by atoms with E-state index < -0.39 is 0 Å². The molecule has 6 heteroatoms. The minimum atomic E-state index is 0.0756. The summed E-state index contributed by atoms with van der Waals surface area (Å²) >= 11 is 0. The van der Waals surface area contributed by atoms with E-state index in [0.29, 0.717) is 6.42 Å². The lowest BCUT2D eigenvalue weighted by Crippen LogP contribution is -2.02. The molecule has 0 spiro atoms. The molecule has 4 rings (SSSR count). The van der Waals surface area contributed by atoms with Gasteiger partial charge in [-0.15, -0.1) is 0 Å². The average Bonchev–Trinajstić information content (AvgIpc) is 3.18. The van der Waals surface area contributed by atoms with Crippen LogP contribution in [-0.2, 0) is 6.42 Å². The van der Waals surface area contributed by atoms with E-state index in [-0.39, 0.29) is 23.3 Å². The highest BCUT2D eigenvalue weighted by atomic mass is 16.3. The van der Waals surface area contributed by atoms with E-state index in [2.05, 4.69) is 31.0 Å². The molecule has 1 unspecified atom stereocenters. The van der Waals surface area contributed by atoms with Gasteiger partial charge in [-0.25, -0.2) is 9.03 Å². The van der Waals surface area contributed by atoms with Crippen molar-refractivity contribution in [1.82, 2.24) is 19.2 Å². The quantitative estimate of drug-likeness (QED) is 0.586. The standard InChI is InChI=1S/C20H22N4O2/c1-12(2)17-8-16-7-14(22-24(16)11-20(17)26)6-13(3)18-10-23-15(4-5-21-23)9-19(18)25/h4-5,7-13,25-26H,6H2,1-3H3. The lowest BCUT2D eigenvalue weighted by Gasteiger charge is -2.12. The molecular formula is C20H22N4O2. The Morgan fingerprint density at radius 3 is 2.50 bits per heavy atom. The molecule has 0 radical (unpaired) electrons. The lowest BCUT2D eigenvalue weighted by atomic mass is 9.96. The third kappa shape index (κ3) is 2.77. The van der Waals surface area contributed by atoms with Crippen LogP contribution in [0.1, 0.15) is 49.4 Å². The first-order valence-corrected chi connectivity index (χ1v) is 8.80. The zero-order chi connectivity index (χ0) is 18.4. The van der Waals surface area contributed by atoms with Crippen molar-refractivity contribution in [3.8, 4) is 11.5 Å². The minimum Gasteiger partial charge on any atom is -0.508 e. The Labute approximate surface area is 151 Å². The third-order valence-electron chi connectivity index (χ3n) is 4.87. The predicted molar refractivity (Wildman–Crippen MR) is 99.9 cm³/mol. The van der Waals surface area contributed by atoms with Crippen LogP contribution in [0.2, 0.25) is 0 Å². The third-order valence-corrected chi connectivity index (χ3v) is 4.87. The molecule has 0 aliphatic rings. The number of aromatic hydroxyl groups is 2. The second kappa shape index (κ2) is 6.05. The van der Waals surface area contributed by atoms with Crippen LogP contribution < -0.4 is 0 Å². The zero-order valence-corrected chi connectivity index (χ0v) is 15.1. The van der Waals surface area contributed by atoms with Gasteiger partial charge in [-0.1, -0.05) is 20.8 Å². The lowest BCUT2D eigenvalue weighted by molar-refractivity contribution is 0.460. The molecule has 134 valence electrons. The Hall–Kier alpha value is -3.02. The summed E-state index contributed by atoms with van der Waals surface area (Å²) in [5, 5.41) is 29.3. The molecule has 26 heavy (non-hydrogen) atoms. The molecule has 6 nitrogen and oxygen atoms in total. The van der Waals surface area contributed by atoms with Gasteiger partial charge in [0, 0.05) is 29.6 Å². The van der Waals surface area contributed by atoms with Crippen LogP contribution in [0.3, 0.4) is 0 Å². The predicted octanol–water partition coefficient (Wildman–Crippen LogP) is 3.86. The molecule has 1 atom stereocenters. The van der Waals surface area contributed by atoms with E-state index in [0.717, 1.165) is 27.9 Å². The first kappa shape index (κ1) is 16.4. The molecule has 2 N–H and O–H groups in total. The summed E-state index contributed by atoms with van der Waals surface area (Å²) in [4.78, 5) is 0. The number of pyridine rings is 2. The van der Waals surface area contributed by atoms with E-state index >= 15 is 0 Å². The largest absolute Gasteiger partial charge is 0.508 e. The normalized spacial score (nSPS) is 13.1. The van der Waals surface area contributed by atoms with Gasteiger partial charge < -0.3 is 10.2 Å². The van der Waals surface area contributed by atoms with Gasteiger partial charge >= 0.3 is 0 Å².